The molecule has 0 aliphatic carbocycles. The minimum absolute atomic E-state index is 0.403. The van der Waals surface area contributed by atoms with Crippen molar-refractivity contribution >= 4 is 16.6 Å². The molecule has 1 aliphatic rings. The number of β-amino-alcohol motifs (C(OH)–C–C–N with tert-alkyl or cyclic N) is 1. The van der Waals surface area contributed by atoms with Gasteiger partial charge in [0.25, 0.3) is 0 Å². The second kappa shape index (κ2) is 7.81. The Kier molecular flexibility index (Phi) is 5.53. The van der Waals surface area contributed by atoms with Crippen molar-refractivity contribution in [2.45, 2.75) is 25.9 Å². The van der Waals surface area contributed by atoms with E-state index in [0.717, 1.165) is 41.3 Å². The van der Waals surface area contributed by atoms with Crippen LogP contribution >= 0.6 is 0 Å². The molecule has 24 heavy (non-hydrogen) atoms. The Hall–Kier alpha value is -1.85. The first-order valence-electron chi connectivity index (χ1n) is 8.72. The van der Waals surface area contributed by atoms with Crippen LogP contribution in [0.3, 0.4) is 0 Å². The van der Waals surface area contributed by atoms with E-state index in [1.807, 2.05) is 24.3 Å². The number of ether oxygens (including phenoxy) is 1. The highest BCUT2D eigenvalue weighted by Crippen LogP contribution is 2.27. The number of rotatable bonds is 6. The highest BCUT2D eigenvalue weighted by atomic mass is 16.5. The molecule has 1 aromatic heterocycles. The standard InChI is InChI=1S/C19H27N3O2/c1-14-5-4-8-22(12-14)13-16(23)11-21-18-10-17(24-2)9-15-6-3-7-20-19(15)18/h3,6-7,9-10,14,16,21,23H,4-5,8,11-13H2,1-2H3. The molecule has 1 aliphatic heterocycles. The molecule has 3 rings (SSSR count). The molecule has 1 saturated heterocycles. The average Bonchev–Trinajstić information content (AvgIpc) is 2.59. The summed E-state index contributed by atoms with van der Waals surface area (Å²) in [5.41, 5.74) is 1.80. The number of anilines is 1. The lowest BCUT2D eigenvalue weighted by atomic mass is 10.00. The number of benzene rings is 1. The van der Waals surface area contributed by atoms with Gasteiger partial charge in [0.05, 0.1) is 24.4 Å². The molecule has 0 amide bonds. The Balaban J connectivity index is 1.64. The number of aliphatic hydroxyl groups excluding tert-OH is 1. The van der Waals surface area contributed by atoms with Crippen LogP contribution in [-0.4, -0.2) is 54.4 Å². The van der Waals surface area contributed by atoms with Crippen LogP contribution < -0.4 is 10.1 Å². The third-order valence-corrected chi connectivity index (χ3v) is 4.65. The third kappa shape index (κ3) is 4.16. The van der Waals surface area contributed by atoms with Gasteiger partial charge in [0.15, 0.2) is 0 Å². The summed E-state index contributed by atoms with van der Waals surface area (Å²) in [5.74, 6) is 1.52. The lowest BCUT2D eigenvalue weighted by Crippen LogP contribution is -2.41. The van der Waals surface area contributed by atoms with Crippen molar-refractivity contribution in [1.82, 2.24) is 9.88 Å². The van der Waals surface area contributed by atoms with Crippen molar-refractivity contribution in [3.63, 3.8) is 0 Å². The van der Waals surface area contributed by atoms with Crippen LogP contribution in [0.25, 0.3) is 10.9 Å². The van der Waals surface area contributed by atoms with Crippen LogP contribution in [0.15, 0.2) is 30.5 Å². The van der Waals surface area contributed by atoms with Gasteiger partial charge in [0.1, 0.15) is 5.75 Å². The highest BCUT2D eigenvalue weighted by Gasteiger charge is 2.19. The summed E-state index contributed by atoms with van der Waals surface area (Å²) in [7, 11) is 1.66. The van der Waals surface area contributed by atoms with Gasteiger partial charge >= 0.3 is 0 Å². The summed E-state index contributed by atoms with van der Waals surface area (Å²) in [6.07, 6.45) is 3.91. The number of nitrogens with one attached hydrogen (secondary N) is 1. The molecule has 130 valence electrons. The first kappa shape index (κ1) is 17.0. The van der Waals surface area contributed by atoms with Crippen molar-refractivity contribution in [3.05, 3.63) is 30.5 Å². The average molecular weight is 329 g/mol. The SMILES string of the molecule is COc1cc(NCC(O)CN2CCCC(C)C2)c2ncccc2c1. The van der Waals surface area contributed by atoms with Crippen LogP contribution in [0.5, 0.6) is 5.75 Å². The predicted octanol–water partition coefficient (Wildman–Crippen LogP) is 2.75. The van der Waals surface area contributed by atoms with Crippen molar-refractivity contribution < 1.29 is 9.84 Å². The topological polar surface area (TPSA) is 57.6 Å². The fourth-order valence-corrected chi connectivity index (χ4v) is 3.46. The van der Waals surface area contributed by atoms with Gasteiger partial charge in [-0.1, -0.05) is 13.0 Å². The number of nitrogens with zero attached hydrogens (tertiary/aromatic N) is 2. The number of aromatic nitrogens is 1. The Labute approximate surface area is 143 Å². The predicted molar refractivity (Wildman–Crippen MR) is 97.6 cm³/mol. The van der Waals surface area contributed by atoms with Crippen LogP contribution in [-0.2, 0) is 0 Å². The van der Waals surface area contributed by atoms with Gasteiger partial charge in [-0.3, -0.25) is 4.98 Å². The molecule has 2 unspecified atom stereocenters. The summed E-state index contributed by atoms with van der Waals surface area (Å²) in [5, 5.41) is 14.8. The number of piperidine rings is 1. The molecule has 2 aromatic rings. The molecule has 5 nitrogen and oxygen atoms in total. The molecule has 0 saturated carbocycles. The van der Waals surface area contributed by atoms with E-state index < -0.39 is 6.10 Å². The number of pyridine rings is 1. The summed E-state index contributed by atoms with van der Waals surface area (Å²) in [6, 6.07) is 7.84. The van der Waals surface area contributed by atoms with Crippen molar-refractivity contribution in [2.24, 2.45) is 5.92 Å². The molecule has 1 aromatic carbocycles. The van der Waals surface area contributed by atoms with Crippen molar-refractivity contribution in [1.29, 1.82) is 0 Å². The number of hydrogen-bond acceptors (Lipinski definition) is 5. The molecule has 1 fully saturated rings. The molecule has 2 atom stereocenters. The molecular formula is C19H27N3O2. The first-order valence-corrected chi connectivity index (χ1v) is 8.72. The maximum absolute atomic E-state index is 10.4. The number of fused-ring (bicyclic) bond motifs is 1. The fraction of sp³-hybridized carbons (Fsp3) is 0.526. The summed E-state index contributed by atoms with van der Waals surface area (Å²) >= 11 is 0. The largest absolute Gasteiger partial charge is 0.497 e. The van der Waals surface area contributed by atoms with E-state index in [9.17, 15) is 5.11 Å². The Morgan fingerprint density at radius 3 is 3.12 bits per heavy atom. The zero-order chi connectivity index (χ0) is 16.9. The number of likely N-dealkylation sites (tertiary alicyclic amines) is 1. The minimum Gasteiger partial charge on any atom is -0.497 e. The zero-order valence-electron chi connectivity index (χ0n) is 14.5. The van der Waals surface area contributed by atoms with E-state index in [0.29, 0.717) is 13.1 Å². The summed E-state index contributed by atoms with van der Waals surface area (Å²) in [4.78, 5) is 6.81. The smallest absolute Gasteiger partial charge is 0.121 e. The minimum atomic E-state index is -0.403. The van der Waals surface area contributed by atoms with Crippen LogP contribution in [0.1, 0.15) is 19.8 Å². The Bertz CT molecular complexity index is 677. The van der Waals surface area contributed by atoms with Crippen LogP contribution in [0, 0.1) is 5.92 Å². The van der Waals surface area contributed by atoms with E-state index in [1.165, 1.54) is 12.8 Å². The number of hydrogen-bond donors (Lipinski definition) is 2. The maximum Gasteiger partial charge on any atom is 0.121 e. The van der Waals surface area contributed by atoms with E-state index in [-0.39, 0.29) is 0 Å². The monoisotopic (exact) mass is 329 g/mol. The zero-order valence-corrected chi connectivity index (χ0v) is 14.5. The quantitative estimate of drug-likeness (QED) is 0.853. The van der Waals surface area contributed by atoms with Gasteiger partial charge in [-0.15, -0.1) is 0 Å². The van der Waals surface area contributed by atoms with Gasteiger partial charge in [0.2, 0.25) is 0 Å². The Morgan fingerprint density at radius 1 is 1.46 bits per heavy atom. The summed E-state index contributed by atoms with van der Waals surface area (Å²) < 4.78 is 5.36. The molecular weight excluding hydrogens is 302 g/mol. The second-order valence-electron chi connectivity index (χ2n) is 6.79. The van der Waals surface area contributed by atoms with Crippen LogP contribution in [0.2, 0.25) is 0 Å². The van der Waals surface area contributed by atoms with E-state index >= 15 is 0 Å². The Morgan fingerprint density at radius 2 is 2.33 bits per heavy atom. The van der Waals surface area contributed by atoms with E-state index in [4.69, 9.17) is 4.74 Å². The maximum atomic E-state index is 10.4. The normalized spacial score (nSPS) is 20.0. The third-order valence-electron chi connectivity index (χ3n) is 4.65. The number of methoxy groups -OCH3 is 1. The first-order chi connectivity index (χ1) is 11.7. The lowest BCUT2D eigenvalue weighted by molar-refractivity contribution is 0.0948. The van der Waals surface area contributed by atoms with E-state index in [2.05, 4.69) is 22.1 Å². The van der Waals surface area contributed by atoms with Crippen molar-refractivity contribution in [3.8, 4) is 5.75 Å². The molecule has 5 heteroatoms. The van der Waals surface area contributed by atoms with Gasteiger partial charge in [-0.25, -0.2) is 0 Å². The molecule has 2 heterocycles. The highest BCUT2D eigenvalue weighted by molar-refractivity contribution is 5.91. The fourth-order valence-electron chi connectivity index (χ4n) is 3.46. The summed E-state index contributed by atoms with van der Waals surface area (Å²) in [6.45, 7) is 5.67. The van der Waals surface area contributed by atoms with Gasteiger partial charge in [-0.05, 0) is 37.4 Å². The second-order valence-corrected chi connectivity index (χ2v) is 6.79. The molecule has 2 N–H and O–H groups in total. The lowest BCUT2D eigenvalue weighted by Gasteiger charge is -2.32. The van der Waals surface area contributed by atoms with Gasteiger partial charge in [-0.2, -0.15) is 0 Å². The molecule has 0 spiro atoms. The van der Waals surface area contributed by atoms with Gasteiger partial charge in [0, 0.05) is 37.3 Å². The van der Waals surface area contributed by atoms with E-state index in [1.54, 1.807) is 13.3 Å². The van der Waals surface area contributed by atoms with Crippen molar-refractivity contribution in [2.75, 3.05) is 38.6 Å². The van der Waals surface area contributed by atoms with Gasteiger partial charge < -0.3 is 20.1 Å². The molecule has 0 radical (unpaired) electrons. The number of aliphatic hydroxyl groups is 1. The van der Waals surface area contributed by atoms with Crippen LogP contribution in [0.4, 0.5) is 5.69 Å². The molecule has 0 bridgehead atoms.